The van der Waals surface area contributed by atoms with Crippen LogP contribution in [0.3, 0.4) is 0 Å². The highest BCUT2D eigenvalue weighted by Crippen LogP contribution is 2.53. The fourth-order valence-corrected chi connectivity index (χ4v) is 12.9. The summed E-state index contributed by atoms with van der Waals surface area (Å²) in [4.78, 5) is 74.8. The summed E-state index contributed by atoms with van der Waals surface area (Å²) in [5, 5.41) is 44.1. The quantitative estimate of drug-likeness (QED) is 0.0477. The molecule has 92 heavy (non-hydrogen) atoms. The third kappa shape index (κ3) is 16.3. The average Bonchev–Trinajstić information content (AvgIpc) is 0.714. The first kappa shape index (κ1) is 68.3. The molecular formula is C74H86O18. The van der Waals surface area contributed by atoms with Crippen LogP contribution in [0.15, 0.2) is 182 Å². The minimum absolute atomic E-state index is 0.0180. The Morgan fingerprint density at radius 2 is 0.772 bits per heavy atom. The van der Waals surface area contributed by atoms with E-state index in [0.29, 0.717) is 47.9 Å². The van der Waals surface area contributed by atoms with Gasteiger partial charge in [0.1, 0.15) is 66.5 Å². The van der Waals surface area contributed by atoms with Crippen molar-refractivity contribution in [2.75, 3.05) is 13.2 Å². The zero-order valence-corrected chi connectivity index (χ0v) is 52.4. The highest BCUT2D eigenvalue weighted by atomic mass is 17.2. The van der Waals surface area contributed by atoms with Crippen molar-refractivity contribution in [3.63, 3.8) is 0 Å². The van der Waals surface area contributed by atoms with Gasteiger partial charge in [-0.15, -0.1) is 0 Å². The van der Waals surface area contributed by atoms with Gasteiger partial charge in [0, 0.05) is 19.3 Å². The number of aliphatic hydroxyl groups excluding tert-OH is 1. The minimum atomic E-state index is -3.89. The lowest BCUT2D eigenvalue weighted by Crippen LogP contribution is -2.88. The Kier molecular flexibility index (Phi) is 24.5. The summed E-state index contributed by atoms with van der Waals surface area (Å²) in [6, 6.07) is 55.4. The standard InChI is InChI=1S/C74H86O18/c1-51-63(82-45-53-27-11-3-12-28-53)65(84-47-55-31-15-5-16-32-55)67(86-49-57-35-19-7-20-36-57)70(90-51)72(80)69(79)61(77)43-59(75)39-23-9-25-41-88-74(62(78)44-60(76)40-24-10-26-42-89-92-74)73(72,81)71-68(87-50-58-37-21-8-22-38-58)66(85-48-56-33-17-6-18-34-56)64(52(2)91-71)83-46-54-29-13-4-14-30-54/h3-8,11-22,27-38,51-52,61,63-68,70-71,77,80-81H,9-10,23-26,39-50H2,1-2H3/t51-,52-,61?,63+,64+,65+,66+,67-,68-,70+,71+,72-,73-,74?/m0/s1. The van der Waals surface area contributed by atoms with Gasteiger partial charge in [-0.25, -0.2) is 4.89 Å². The van der Waals surface area contributed by atoms with E-state index < -0.39 is 127 Å². The maximum absolute atomic E-state index is 17.0. The molecule has 0 amide bonds. The molecular weight excluding hydrogens is 1180 g/mol. The van der Waals surface area contributed by atoms with E-state index in [1.165, 1.54) is 0 Å². The number of carbonyl (C=O) groups is 4. The molecule has 4 saturated heterocycles. The smallest absolute Gasteiger partial charge is 0.296 e. The summed E-state index contributed by atoms with van der Waals surface area (Å²) in [6.07, 6.45) is -18.2. The van der Waals surface area contributed by atoms with Gasteiger partial charge in [0.2, 0.25) is 5.78 Å². The molecule has 4 heterocycles. The van der Waals surface area contributed by atoms with Crippen molar-refractivity contribution in [1.29, 1.82) is 0 Å². The van der Waals surface area contributed by atoms with Gasteiger partial charge >= 0.3 is 0 Å². The number of ketones is 4. The Morgan fingerprint density at radius 3 is 1.18 bits per heavy atom. The van der Waals surface area contributed by atoms with Gasteiger partial charge in [0.15, 0.2) is 17.0 Å². The van der Waals surface area contributed by atoms with Crippen molar-refractivity contribution < 1.29 is 86.9 Å². The number of benzene rings is 6. The van der Waals surface area contributed by atoms with E-state index >= 15 is 19.8 Å². The number of rotatable bonds is 20. The molecule has 2 unspecified atom stereocenters. The van der Waals surface area contributed by atoms with Crippen LogP contribution in [-0.4, -0.2) is 136 Å². The van der Waals surface area contributed by atoms with E-state index in [4.69, 9.17) is 52.4 Å². The topological polar surface area (TPSA) is 230 Å². The molecule has 6 aromatic rings. The highest BCUT2D eigenvalue weighted by molar-refractivity contribution is 6.05. The lowest BCUT2D eigenvalue weighted by Gasteiger charge is -2.61. The molecule has 0 radical (unpaired) electrons. The predicted molar refractivity (Wildman–Crippen MR) is 337 cm³/mol. The fourth-order valence-electron chi connectivity index (χ4n) is 12.9. The molecule has 490 valence electrons. The van der Waals surface area contributed by atoms with Gasteiger partial charge < -0.3 is 58.0 Å². The number of hydrogen-bond acceptors (Lipinski definition) is 18. The molecule has 18 nitrogen and oxygen atoms in total. The van der Waals surface area contributed by atoms with Crippen LogP contribution in [0.4, 0.5) is 0 Å². The number of carbonyl (C=O) groups excluding carboxylic acids is 4. The van der Waals surface area contributed by atoms with E-state index in [1.54, 1.807) is 38.1 Å². The molecule has 10 rings (SSSR count). The molecule has 0 aromatic heterocycles. The van der Waals surface area contributed by atoms with Crippen LogP contribution in [0.5, 0.6) is 0 Å². The van der Waals surface area contributed by atoms with Gasteiger partial charge in [-0.2, -0.15) is 4.89 Å². The van der Waals surface area contributed by atoms with Crippen molar-refractivity contribution in [2.45, 2.75) is 202 Å². The SMILES string of the molecule is C[C@@H]1O[C@@H]([C@@]2(O)C3(OCCCCCC(=O)CC(O)C(=O)[C@]2(O)[C@@H]2O[C@@H](C)[C@@H](OCc4ccccc4)[C@@H](OCc4ccccc4)[C@@H]2OCc2ccccc2)OOCCCCCC(=O)CC3=O)[C@@H](OCc2ccccc2)[C@H](OCc2ccccc2)[C@@H]1OCc1ccccc1. The van der Waals surface area contributed by atoms with Crippen molar-refractivity contribution in [3.05, 3.63) is 215 Å². The Balaban J connectivity index is 1.26. The molecule has 0 aliphatic carbocycles. The van der Waals surface area contributed by atoms with Gasteiger partial charge in [-0.1, -0.05) is 195 Å². The Morgan fingerprint density at radius 1 is 0.424 bits per heavy atom. The third-order valence-corrected chi connectivity index (χ3v) is 17.7. The molecule has 3 N–H and O–H groups in total. The van der Waals surface area contributed by atoms with E-state index in [0.717, 1.165) is 11.1 Å². The number of hydrogen-bond donors (Lipinski definition) is 3. The van der Waals surface area contributed by atoms with Crippen LogP contribution < -0.4 is 0 Å². The molecule has 0 bridgehead atoms. The van der Waals surface area contributed by atoms with Crippen molar-refractivity contribution in [2.24, 2.45) is 0 Å². The van der Waals surface area contributed by atoms with Crippen LogP contribution in [0.1, 0.15) is 111 Å². The lowest BCUT2D eigenvalue weighted by molar-refractivity contribution is -0.481. The van der Waals surface area contributed by atoms with Crippen molar-refractivity contribution in [3.8, 4) is 0 Å². The molecule has 0 saturated carbocycles. The van der Waals surface area contributed by atoms with E-state index in [-0.39, 0.29) is 71.9 Å². The maximum atomic E-state index is 17.0. The minimum Gasteiger partial charge on any atom is -0.385 e. The van der Waals surface area contributed by atoms with Crippen LogP contribution in [0.25, 0.3) is 0 Å². The Bertz CT molecular complexity index is 3240. The van der Waals surface area contributed by atoms with Gasteiger partial charge in [-0.05, 0) is 72.9 Å². The Labute approximate surface area is 538 Å². The molecule has 4 fully saturated rings. The molecule has 6 aromatic carbocycles. The van der Waals surface area contributed by atoms with Crippen molar-refractivity contribution >= 4 is 23.1 Å². The first-order valence-electron chi connectivity index (χ1n) is 32.2. The number of ether oxygens (including phenoxy) is 9. The zero-order valence-electron chi connectivity index (χ0n) is 52.4. The van der Waals surface area contributed by atoms with Gasteiger partial charge in [0.25, 0.3) is 5.79 Å². The molecule has 14 atom stereocenters. The second-order valence-corrected chi connectivity index (χ2v) is 24.4. The highest BCUT2D eigenvalue weighted by Gasteiger charge is 2.82. The molecule has 4 aliphatic heterocycles. The van der Waals surface area contributed by atoms with Crippen LogP contribution in [-0.2, 0) is 111 Å². The normalized spacial score (nSPS) is 30.8. The van der Waals surface area contributed by atoms with Crippen LogP contribution in [0.2, 0.25) is 0 Å². The summed E-state index contributed by atoms with van der Waals surface area (Å²) in [7, 11) is 0. The molecule has 4 aliphatic rings. The first-order valence-corrected chi connectivity index (χ1v) is 32.2. The summed E-state index contributed by atoms with van der Waals surface area (Å²) in [6.45, 7) is 1.93. The molecule has 18 heteroatoms. The second-order valence-electron chi connectivity index (χ2n) is 24.4. The van der Waals surface area contributed by atoms with Crippen LogP contribution in [0, 0.1) is 0 Å². The summed E-state index contributed by atoms with van der Waals surface area (Å²) in [5.41, 5.74) is -3.52. The van der Waals surface area contributed by atoms with E-state index in [1.807, 2.05) is 158 Å². The van der Waals surface area contributed by atoms with E-state index in [2.05, 4.69) is 0 Å². The molecule has 1 spiro atoms. The fraction of sp³-hybridized carbons (Fsp3) is 0.459. The Hall–Kier alpha value is -6.56. The third-order valence-electron chi connectivity index (χ3n) is 17.7. The number of aliphatic hydroxyl groups is 3. The number of Topliss-reactive ketones (excluding diaryl/α,β-unsaturated/α-hetero) is 4. The van der Waals surface area contributed by atoms with Gasteiger partial charge in [-0.3, -0.25) is 19.2 Å². The maximum Gasteiger partial charge on any atom is 0.296 e. The van der Waals surface area contributed by atoms with Crippen LogP contribution >= 0.6 is 0 Å². The van der Waals surface area contributed by atoms with Crippen molar-refractivity contribution in [1.82, 2.24) is 0 Å². The monoisotopic (exact) mass is 1260 g/mol. The lowest BCUT2D eigenvalue weighted by atomic mass is 9.61. The van der Waals surface area contributed by atoms with E-state index in [9.17, 15) is 14.7 Å². The summed E-state index contributed by atoms with van der Waals surface area (Å²) in [5.74, 6) is -7.57. The summed E-state index contributed by atoms with van der Waals surface area (Å²) >= 11 is 0. The zero-order chi connectivity index (χ0) is 64.3. The first-order chi connectivity index (χ1) is 44.8. The predicted octanol–water partition coefficient (Wildman–Crippen LogP) is 9.76. The second kappa shape index (κ2) is 33.0. The van der Waals surface area contributed by atoms with Gasteiger partial charge in [0.05, 0.1) is 71.5 Å². The largest absolute Gasteiger partial charge is 0.385 e. The average molecular weight is 1260 g/mol. The summed E-state index contributed by atoms with van der Waals surface area (Å²) < 4.78 is 63.6.